The highest BCUT2D eigenvalue weighted by atomic mass is 19.2. The molecule has 1 saturated carbocycles. The SMILES string of the molecule is CCCC[C@H]1CC[C@H](CCC2=CN=C(c3ccc(C#N)cc3)N(F)C2)CC1. The van der Waals surface area contributed by atoms with Crippen LogP contribution in [0.2, 0.25) is 0 Å². The van der Waals surface area contributed by atoms with Crippen molar-refractivity contribution < 1.29 is 4.48 Å². The van der Waals surface area contributed by atoms with E-state index in [0.717, 1.165) is 35.4 Å². The lowest BCUT2D eigenvalue weighted by atomic mass is 9.78. The summed E-state index contributed by atoms with van der Waals surface area (Å²) in [4.78, 5) is 4.35. The van der Waals surface area contributed by atoms with Crippen molar-refractivity contribution in [1.29, 1.82) is 5.26 Å². The van der Waals surface area contributed by atoms with Crippen LogP contribution in [0.5, 0.6) is 0 Å². The monoisotopic (exact) mass is 367 g/mol. The van der Waals surface area contributed by atoms with Crippen molar-refractivity contribution in [2.75, 3.05) is 6.54 Å². The van der Waals surface area contributed by atoms with Crippen molar-refractivity contribution in [1.82, 2.24) is 5.12 Å². The van der Waals surface area contributed by atoms with Gasteiger partial charge in [0.2, 0.25) is 0 Å². The molecule has 0 unspecified atom stereocenters. The molecular weight excluding hydrogens is 337 g/mol. The van der Waals surface area contributed by atoms with Crippen molar-refractivity contribution in [3.05, 3.63) is 47.2 Å². The predicted octanol–water partition coefficient (Wildman–Crippen LogP) is 6.17. The van der Waals surface area contributed by atoms with E-state index in [0.29, 0.717) is 23.5 Å². The molecule has 0 radical (unpaired) electrons. The summed E-state index contributed by atoms with van der Waals surface area (Å²) in [5.41, 5.74) is 2.35. The van der Waals surface area contributed by atoms with Crippen LogP contribution in [0.3, 0.4) is 0 Å². The molecule has 1 fully saturated rings. The molecular formula is C23H30FN3. The van der Waals surface area contributed by atoms with Crippen molar-refractivity contribution in [2.45, 2.75) is 64.7 Å². The molecule has 1 aromatic carbocycles. The van der Waals surface area contributed by atoms with Gasteiger partial charge in [0.1, 0.15) is 0 Å². The molecule has 27 heavy (non-hydrogen) atoms. The minimum Gasteiger partial charge on any atom is -0.236 e. The number of rotatable bonds is 7. The molecule has 0 spiro atoms. The van der Waals surface area contributed by atoms with Crippen LogP contribution < -0.4 is 0 Å². The Morgan fingerprint density at radius 1 is 1.11 bits per heavy atom. The Labute approximate surface area is 162 Å². The Morgan fingerprint density at radius 2 is 1.78 bits per heavy atom. The first-order valence-corrected chi connectivity index (χ1v) is 10.4. The summed E-state index contributed by atoms with van der Waals surface area (Å²) in [5.74, 6) is 2.07. The maximum Gasteiger partial charge on any atom is 0.164 e. The van der Waals surface area contributed by atoms with Gasteiger partial charge in [-0.2, -0.15) is 10.4 Å². The summed E-state index contributed by atoms with van der Waals surface area (Å²) >= 11 is 0. The number of aliphatic imine (C=N–C) groups is 1. The fraction of sp³-hybridized carbons (Fsp3) is 0.565. The standard InChI is InChI=1S/C23H30FN3/c1-2-3-4-18-5-7-19(8-6-18)9-10-21-16-26-23(27(24)17-21)22-13-11-20(15-25)12-14-22/h11-14,16,18-19H,2-10,17H2,1H3/t18-,19-. The van der Waals surface area contributed by atoms with Crippen LogP contribution in [-0.2, 0) is 0 Å². The second kappa shape index (κ2) is 9.69. The second-order valence-corrected chi connectivity index (χ2v) is 8.02. The number of halogens is 1. The first-order chi connectivity index (χ1) is 13.2. The number of amidine groups is 1. The van der Waals surface area contributed by atoms with E-state index in [-0.39, 0.29) is 0 Å². The highest BCUT2D eigenvalue weighted by molar-refractivity contribution is 5.99. The minimum atomic E-state index is 0.296. The number of hydrogen-bond donors (Lipinski definition) is 0. The summed E-state index contributed by atoms with van der Waals surface area (Å²) in [6.07, 6.45) is 13.4. The topological polar surface area (TPSA) is 39.4 Å². The molecule has 1 aromatic rings. The summed E-state index contributed by atoms with van der Waals surface area (Å²) in [5, 5.41) is 9.60. The van der Waals surface area contributed by atoms with Crippen molar-refractivity contribution in [2.24, 2.45) is 16.8 Å². The molecule has 1 heterocycles. The van der Waals surface area contributed by atoms with E-state index in [1.165, 1.54) is 44.9 Å². The fourth-order valence-electron chi connectivity index (χ4n) is 4.25. The Morgan fingerprint density at radius 3 is 2.37 bits per heavy atom. The summed E-state index contributed by atoms with van der Waals surface area (Å²) in [7, 11) is 0. The Balaban J connectivity index is 1.50. The van der Waals surface area contributed by atoms with Crippen molar-refractivity contribution in [3.63, 3.8) is 0 Å². The predicted molar refractivity (Wildman–Crippen MR) is 108 cm³/mol. The van der Waals surface area contributed by atoms with Gasteiger partial charge in [-0.15, -0.1) is 0 Å². The first kappa shape index (κ1) is 19.6. The van der Waals surface area contributed by atoms with Crippen LogP contribution in [0.25, 0.3) is 0 Å². The van der Waals surface area contributed by atoms with E-state index in [4.69, 9.17) is 5.26 Å². The number of benzene rings is 1. The molecule has 144 valence electrons. The maximum atomic E-state index is 14.5. The zero-order valence-corrected chi connectivity index (χ0v) is 16.3. The number of nitrogens with zero attached hydrogens (tertiary/aromatic N) is 3. The van der Waals surface area contributed by atoms with Gasteiger partial charge in [0.25, 0.3) is 0 Å². The van der Waals surface area contributed by atoms with Gasteiger partial charge < -0.3 is 0 Å². The van der Waals surface area contributed by atoms with Crippen molar-refractivity contribution in [3.8, 4) is 6.07 Å². The molecule has 2 aliphatic rings. The largest absolute Gasteiger partial charge is 0.236 e. The van der Waals surface area contributed by atoms with Gasteiger partial charge in [-0.05, 0) is 54.5 Å². The van der Waals surface area contributed by atoms with Crippen LogP contribution in [0.4, 0.5) is 4.48 Å². The van der Waals surface area contributed by atoms with E-state index in [1.54, 1.807) is 24.3 Å². The molecule has 0 amide bonds. The van der Waals surface area contributed by atoms with Crippen molar-refractivity contribution >= 4 is 5.84 Å². The van der Waals surface area contributed by atoms with Gasteiger partial charge in [-0.25, -0.2) is 4.99 Å². The minimum absolute atomic E-state index is 0.296. The third-order valence-corrected chi connectivity index (χ3v) is 6.02. The lowest BCUT2D eigenvalue weighted by Gasteiger charge is -2.29. The van der Waals surface area contributed by atoms with E-state index >= 15 is 0 Å². The third-order valence-electron chi connectivity index (χ3n) is 6.02. The van der Waals surface area contributed by atoms with E-state index in [2.05, 4.69) is 18.0 Å². The molecule has 0 N–H and O–H groups in total. The average Bonchev–Trinajstić information content (AvgIpc) is 2.72. The Kier molecular flexibility index (Phi) is 7.04. The number of unbranched alkanes of at least 4 members (excludes halogenated alkanes) is 1. The quantitative estimate of drug-likeness (QED) is 0.541. The molecule has 3 rings (SSSR count). The molecule has 0 saturated heterocycles. The molecule has 0 atom stereocenters. The van der Waals surface area contributed by atoms with Crippen LogP contribution in [-0.4, -0.2) is 17.5 Å². The summed E-state index contributed by atoms with van der Waals surface area (Å²) < 4.78 is 14.5. The fourth-order valence-corrected chi connectivity index (χ4v) is 4.25. The lowest BCUT2D eigenvalue weighted by Crippen LogP contribution is -2.28. The van der Waals surface area contributed by atoms with Gasteiger partial charge in [-0.3, -0.25) is 0 Å². The van der Waals surface area contributed by atoms with Gasteiger partial charge in [0.05, 0.1) is 18.2 Å². The summed E-state index contributed by atoms with van der Waals surface area (Å²) in [6, 6.07) is 8.97. The van der Waals surface area contributed by atoms with Crippen LogP contribution in [0.15, 0.2) is 41.0 Å². The number of nitriles is 1. The van der Waals surface area contributed by atoms with Gasteiger partial charge in [0.15, 0.2) is 5.84 Å². The highest BCUT2D eigenvalue weighted by Crippen LogP contribution is 2.35. The van der Waals surface area contributed by atoms with E-state index in [9.17, 15) is 4.48 Å². The maximum absolute atomic E-state index is 14.5. The van der Waals surface area contributed by atoms with Crippen LogP contribution >= 0.6 is 0 Å². The molecule has 1 aliphatic carbocycles. The Hall–Kier alpha value is -2.15. The zero-order chi connectivity index (χ0) is 19.1. The smallest absolute Gasteiger partial charge is 0.164 e. The zero-order valence-electron chi connectivity index (χ0n) is 16.3. The highest BCUT2D eigenvalue weighted by Gasteiger charge is 2.23. The van der Waals surface area contributed by atoms with Crippen LogP contribution in [0.1, 0.15) is 75.8 Å². The third kappa shape index (κ3) is 5.42. The molecule has 0 aromatic heterocycles. The first-order valence-electron chi connectivity index (χ1n) is 10.4. The average molecular weight is 368 g/mol. The van der Waals surface area contributed by atoms with Gasteiger partial charge in [0, 0.05) is 11.8 Å². The molecule has 4 heteroatoms. The normalized spacial score (nSPS) is 22.8. The Bertz CT molecular complexity index is 706. The molecule has 1 aliphatic heterocycles. The van der Waals surface area contributed by atoms with Gasteiger partial charge >= 0.3 is 0 Å². The molecule has 3 nitrogen and oxygen atoms in total. The second-order valence-electron chi connectivity index (χ2n) is 8.02. The van der Waals surface area contributed by atoms with Crippen LogP contribution in [0, 0.1) is 23.2 Å². The summed E-state index contributed by atoms with van der Waals surface area (Å²) in [6.45, 7) is 2.57. The van der Waals surface area contributed by atoms with E-state index in [1.807, 2.05) is 6.20 Å². The lowest BCUT2D eigenvalue weighted by molar-refractivity contribution is 0.131. The van der Waals surface area contributed by atoms with Gasteiger partial charge in [-0.1, -0.05) is 56.4 Å². The number of hydrogen-bond acceptors (Lipinski definition) is 3. The van der Waals surface area contributed by atoms with E-state index < -0.39 is 0 Å². The molecule has 0 bridgehead atoms.